The number of amides is 1. The van der Waals surface area contributed by atoms with Gasteiger partial charge in [0.15, 0.2) is 0 Å². The summed E-state index contributed by atoms with van der Waals surface area (Å²) >= 11 is 0. The lowest BCUT2D eigenvalue weighted by Crippen LogP contribution is -2.22. The van der Waals surface area contributed by atoms with Crippen LogP contribution < -0.4 is 5.32 Å². The van der Waals surface area contributed by atoms with Crippen LogP contribution in [0.15, 0.2) is 57.8 Å². The van der Waals surface area contributed by atoms with Gasteiger partial charge in [0.1, 0.15) is 0 Å². The van der Waals surface area contributed by atoms with Gasteiger partial charge in [0.05, 0.1) is 10.5 Å². The number of nitrogens with one attached hydrogen (secondary N) is 1. The van der Waals surface area contributed by atoms with Gasteiger partial charge in [-0.2, -0.15) is 13.2 Å². The number of benzene rings is 2. The second-order valence-corrected chi connectivity index (χ2v) is 8.41. The molecule has 0 saturated heterocycles. The second kappa shape index (κ2) is 7.88. The van der Waals surface area contributed by atoms with E-state index in [-0.39, 0.29) is 22.4 Å². The topological polar surface area (TPSA) is 105 Å². The molecule has 1 aromatic heterocycles. The number of nitrogens with zero attached hydrogens (tertiary/aromatic N) is 3. The van der Waals surface area contributed by atoms with E-state index >= 15 is 0 Å². The molecule has 12 heteroatoms. The van der Waals surface area contributed by atoms with Gasteiger partial charge in [0.25, 0.3) is 5.91 Å². The molecule has 3 aromatic rings. The minimum atomic E-state index is -4.50. The molecule has 1 N–H and O–H groups in total. The summed E-state index contributed by atoms with van der Waals surface area (Å²) in [6.07, 6.45) is -4.50. The lowest BCUT2D eigenvalue weighted by molar-refractivity contribution is -0.137. The van der Waals surface area contributed by atoms with E-state index in [1.807, 2.05) is 0 Å². The molecule has 158 valence electrons. The van der Waals surface area contributed by atoms with Crippen molar-refractivity contribution in [3.8, 4) is 11.5 Å². The fourth-order valence-electron chi connectivity index (χ4n) is 2.35. The summed E-state index contributed by atoms with van der Waals surface area (Å²) < 4.78 is 68.3. The molecule has 0 saturated carbocycles. The van der Waals surface area contributed by atoms with Crippen LogP contribution in [0.4, 0.5) is 19.2 Å². The molecule has 3 rings (SSSR count). The Hall–Kier alpha value is -3.25. The third kappa shape index (κ3) is 4.49. The summed E-state index contributed by atoms with van der Waals surface area (Å²) in [5.41, 5.74) is -0.491. The molecule has 0 spiro atoms. The number of anilines is 1. The highest BCUT2D eigenvalue weighted by atomic mass is 32.2. The summed E-state index contributed by atoms with van der Waals surface area (Å²) in [5.74, 6) is -0.710. The van der Waals surface area contributed by atoms with Crippen molar-refractivity contribution in [2.24, 2.45) is 0 Å². The lowest BCUT2D eigenvalue weighted by Gasteiger charge is -2.11. The molecule has 0 aliphatic heterocycles. The number of hydrogen-bond acceptors (Lipinski definition) is 6. The normalized spacial score (nSPS) is 12.2. The van der Waals surface area contributed by atoms with Crippen LogP contribution in [0.25, 0.3) is 11.5 Å². The highest BCUT2D eigenvalue weighted by molar-refractivity contribution is 7.89. The lowest BCUT2D eigenvalue weighted by atomic mass is 10.1. The smallest absolute Gasteiger partial charge is 0.403 e. The second-order valence-electron chi connectivity index (χ2n) is 6.25. The zero-order valence-corrected chi connectivity index (χ0v) is 16.5. The van der Waals surface area contributed by atoms with Crippen LogP contribution in [-0.2, 0) is 16.2 Å². The summed E-state index contributed by atoms with van der Waals surface area (Å²) in [6.45, 7) is 0. The third-order valence-corrected chi connectivity index (χ3v) is 5.83. The van der Waals surface area contributed by atoms with E-state index in [9.17, 15) is 26.4 Å². The molecule has 2 aromatic carbocycles. The number of alkyl halides is 3. The van der Waals surface area contributed by atoms with Crippen molar-refractivity contribution in [2.75, 3.05) is 19.4 Å². The summed E-state index contributed by atoms with van der Waals surface area (Å²) in [6, 6.07) is 9.04. The van der Waals surface area contributed by atoms with Gasteiger partial charge in [-0.15, -0.1) is 5.10 Å². The van der Waals surface area contributed by atoms with Gasteiger partial charge in [0, 0.05) is 25.2 Å². The first-order valence-corrected chi connectivity index (χ1v) is 9.77. The van der Waals surface area contributed by atoms with E-state index in [4.69, 9.17) is 4.42 Å². The summed E-state index contributed by atoms with van der Waals surface area (Å²) in [4.78, 5) is 12.2. The fraction of sp³-hybridized carbons (Fsp3) is 0.167. The number of carbonyl (C=O) groups excluding carboxylic acids is 1. The maximum Gasteiger partial charge on any atom is 0.416 e. The van der Waals surface area contributed by atoms with Crippen molar-refractivity contribution in [3.05, 3.63) is 59.7 Å². The summed E-state index contributed by atoms with van der Waals surface area (Å²) in [5, 5.41) is 9.72. The first-order chi connectivity index (χ1) is 14.0. The number of aromatic nitrogens is 2. The average Bonchev–Trinajstić information content (AvgIpc) is 3.16. The first-order valence-electron chi connectivity index (χ1n) is 8.33. The molecule has 0 radical (unpaired) electrons. The van der Waals surface area contributed by atoms with Gasteiger partial charge in [-0.25, -0.2) is 12.7 Å². The third-order valence-electron chi connectivity index (χ3n) is 4.00. The predicted octanol–water partition coefficient (Wildman–Crippen LogP) is 3.26. The zero-order valence-electron chi connectivity index (χ0n) is 15.6. The van der Waals surface area contributed by atoms with Gasteiger partial charge in [-0.3, -0.25) is 10.1 Å². The Kier molecular flexibility index (Phi) is 5.63. The Morgan fingerprint density at radius 1 is 1.00 bits per heavy atom. The largest absolute Gasteiger partial charge is 0.416 e. The van der Waals surface area contributed by atoms with Crippen LogP contribution in [0.1, 0.15) is 15.9 Å². The van der Waals surface area contributed by atoms with Crippen LogP contribution in [-0.4, -0.2) is 42.9 Å². The van der Waals surface area contributed by atoms with Gasteiger partial charge >= 0.3 is 12.2 Å². The Morgan fingerprint density at radius 3 is 2.13 bits per heavy atom. The maximum atomic E-state index is 12.6. The van der Waals surface area contributed by atoms with E-state index in [1.165, 1.54) is 38.4 Å². The molecule has 0 atom stereocenters. The molecular formula is C18H15F3N4O4S. The Balaban J connectivity index is 1.73. The average molecular weight is 440 g/mol. The van der Waals surface area contributed by atoms with Gasteiger partial charge < -0.3 is 4.42 Å². The quantitative estimate of drug-likeness (QED) is 0.653. The van der Waals surface area contributed by atoms with E-state index in [2.05, 4.69) is 15.5 Å². The highest BCUT2D eigenvalue weighted by Gasteiger charge is 2.30. The maximum absolute atomic E-state index is 12.6. The number of sulfonamides is 1. The Morgan fingerprint density at radius 2 is 1.60 bits per heavy atom. The minimum absolute atomic E-state index is 0.0199. The standard InChI is InChI=1S/C18H15F3N4O4S/c1-25(2)30(27,28)14-9-5-12(6-10-14)16-23-24-17(29-16)22-15(26)11-3-7-13(8-4-11)18(19,20)21/h3-10H,1-2H3,(H,22,24,26). The Labute approximate surface area is 169 Å². The molecular weight excluding hydrogens is 425 g/mol. The first kappa shape index (κ1) is 21.5. The molecule has 0 unspecified atom stereocenters. The molecule has 1 amide bonds. The number of carbonyl (C=O) groups is 1. The van der Waals surface area contributed by atoms with Crippen LogP contribution in [0, 0.1) is 0 Å². The van der Waals surface area contributed by atoms with E-state index in [0.29, 0.717) is 5.56 Å². The van der Waals surface area contributed by atoms with Crippen LogP contribution in [0.3, 0.4) is 0 Å². The van der Waals surface area contributed by atoms with E-state index in [1.54, 1.807) is 0 Å². The molecule has 30 heavy (non-hydrogen) atoms. The minimum Gasteiger partial charge on any atom is -0.403 e. The van der Waals surface area contributed by atoms with Crippen LogP contribution >= 0.6 is 0 Å². The van der Waals surface area contributed by atoms with Crippen molar-refractivity contribution >= 4 is 21.9 Å². The predicted molar refractivity (Wildman–Crippen MR) is 100 cm³/mol. The van der Waals surface area contributed by atoms with Crippen LogP contribution in [0.2, 0.25) is 0 Å². The van der Waals surface area contributed by atoms with E-state index < -0.39 is 27.7 Å². The van der Waals surface area contributed by atoms with Crippen LogP contribution in [0.5, 0.6) is 0 Å². The number of rotatable bonds is 5. The van der Waals surface area contributed by atoms with Crippen molar-refractivity contribution in [3.63, 3.8) is 0 Å². The van der Waals surface area contributed by atoms with Crippen molar-refractivity contribution in [2.45, 2.75) is 11.1 Å². The number of hydrogen-bond donors (Lipinski definition) is 1. The molecule has 0 aliphatic rings. The van der Waals surface area contributed by atoms with Crippen molar-refractivity contribution < 1.29 is 30.8 Å². The highest BCUT2D eigenvalue weighted by Crippen LogP contribution is 2.29. The van der Waals surface area contributed by atoms with Crippen molar-refractivity contribution in [1.82, 2.24) is 14.5 Å². The van der Waals surface area contributed by atoms with Gasteiger partial charge in [0.2, 0.25) is 15.9 Å². The number of halogens is 3. The molecule has 0 aliphatic carbocycles. The monoisotopic (exact) mass is 440 g/mol. The molecule has 1 heterocycles. The molecule has 8 nitrogen and oxygen atoms in total. The molecule has 0 bridgehead atoms. The van der Waals surface area contributed by atoms with Gasteiger partial charge in [-0.1, -0.05) is 5.10 Å². The Bertz CT molecular complexity index is 1160. The fourth-order valence-corrected chi connectivity index (χ4v) is 3.25. The molecule has 0 fully saturated rings. The zero-order chi connectivity index (χ0) is 22.1. The SMILES string of the molecule is CN(C)S(=O)(=O)c1ccc(-c2nnc(NC(=O)c3ccc(C(F)(F)F)cc3)o2)cc1. The van der Waals surface area contributed by atoms with Gasteiger partial charge in [-0.05, 0) is 48.5 Å². The van der Waals surface area contributed by atoms with E-state index in [0.717, 1.165) is 28.6 Å². The van der Waals surface area contributed by atoms with Crippen molar-refractivity contribution in [1.29, 1.82) is 0 Å². The summed E-state index contributed by atoms with van der Waals surface area (Å²) in [7, 11) is -0.771.